The molecule has 2 aliphatic heterocycles. The van der Waals surface area contributed by atoms with Crippen LogP contribution in [0.15, 0.2) is 42.7 Å². The molecule has 0 radical (unpaired) electrons. The lowest BCUT2D eigenvalue weighted by Crippen LogP contribution is -2.44. The number of fused-ring (bicyclic) bond motifs is 2. The molecule has 2 saturated heterocycles. The first-order chi connectivity index (χ1) is 15.3. The van der Waals surface area contributed by atoms with Gasteiger partial charge in [0.1, 0.15) is 0 Å². The van der Waals surface area contributed by atoms with Crippen LogP contribution >= 0.6 is 11.3 Å². The molecule has 160 valence electrons. The predicted octanol–water partition coefficient (Wildman–Crippen LogP) is 4.68. The highest BCUT2D eigenvalue weighted by molar-refractivity contribution is 7.15. The van der Waals surface area contributed by atoms with E-state index in [1.807, 2.05) is 17.4 Å². The van der Waals surface area contributed by atoms with Crippen molar-refractivity contribution in [3.8, 4) is 11.4 Å². The molecule has 1 spiro atoms. The third-order valence-electron chi connectivity index (χ3n) is 7.23. The quantitative estimate of drug-likeness (QED) is 0.600. The molecule has 1 atom stereocenters. The topological polar surface area (TPSA) is 45.2 Å². The van der Waals surface area contributed by atoms with E-state index in [-0.39, 0.29) is 5.41 Å². The Morgan fingerprint density at radius 3 is 2.68 bits per heavy atom. The maximum atomic E-state index is 5.14. The molecule has 1 aromatic carbocycles. The van der Waals surface area contributed by atoms with E-state index in [0.29, 0.717) is 0 Å². The van der Waals surface area contributed by atoms with Crippen molar-refractivity contribution in [2.45, 2.75) is 50.5 Å². The maximum absolute atomic E-state index is 5.14. The zero-order chi connectivity index (χ0) is 20.7. The first-order valence-electron chi connectivity index (χ1n) is 11.6. The summed E-state index contributed by atoms with van der Waals surface area (Å²) in [5.41, 5.74) is 3.96. The number of benzene rings is 1. The predicted molar refractivity (Wildman–Crippen MR) is 126 cm³/mol. The first-order valence-corrected chi connectivity index (χ1v) is 12.4. The summed E-state index contributed by atoms with van der Waals surface area (Å²) in [6.45, 7) is 5.62. The van der Waals surface area contributed by atoms with E-state index >= 15 is 0 Å². The zero-order valence-electron chi connectivity index (χ0n) is 18.0. The van der Waals surface area contributed by atoms with Crippen molar-refractivity contribution in [1.82, 2.24) is 19.9 Å². The third-order valence-corrected chi connectivity index (χ3v) is 8.27. The lowest BCUT2D eigenvalue weighted by atomic mass is 9.77. The van der Waals surface area contributed by atoms with Crippen LogP contribution in [0.1, 0.15) is 48.2 Å². The molecule has 31 heavy (non-hydrogen) atoms. The Balaban J connectivity index is 1.22. The highest BCUT2D eigenvalue weighted by atomic mass is 32.1. The monoisotopic (exact) mass is 431 g/mol. The van der Waals surface area contributed by atoms with E-state index in [9.17, 15) is 0 Å². The Hall–Kier alpha value is -2.31. The number of anilines is 1. The molecule has 4 heterocycles. The minimum atomic E-state index is 0.183. The number of hydrogen-bond acceptors (Lipinski definition) is 6. The maximum Gasteiger partial charge on any atom is 0.185 e. The van der Waals surface area contributed by atoms with Gasteiger partial charge in [-0.1, -0.05) is 30.3 Å². The van der Waals surface area contributed by atoms with Crippen molar-refractivity contribution < 1.29 is 0 Å². The van der Waals surface area contributed by atoms with Crippen LogP contribution in [0, 0.1) is 0 Å². The molecule has 5 nitrogen and oxygen atoms in total. The Morgan fingerprint density at radius 1 is 0.935 bits per heavy atom. The van der Waals surface area contributed by atoms with Crippen molar-refractivity contribution >= 4 is 16.5 Å². The van der Waals surface area contributed by atoms with E-state index in [4.69, 9.17) is 9.97 Å². The van der Waals surface area contributed by atoms with E-state index in [1.54, 1.807) is 0 Å². The van der Waals surface area contributed by atoms with Gasteiger partial charge in [0.15, 0.2) is 11.0 Å². The van der Waals surface area contributed by atoms with Gasteiger partial charge in [-0.25, -0.2) is 15.0 Å². The van der Waals surface area contributed by atoms with Gasteiger partial charge in [-0.2, -0.15) is 0 Å². The van der Waals surface area contributed by atoms with Crippen LogP contribution in [0.25, 0.3) is 11.4 Å². The molecule has 0 N–H and O–H groups in total. The molecule has 2 aromatic heterocycles. The number of rotatable bonds is 4. The fourth-order valence-corrected chi connectivity index (χ4v) is 6.68. The summed E-state index contributed by atoms with van der Waals surface area (Å²) < 4.78 is 0. The van der Waals surface area contributed by atoms with Crippen LogP contribution in [0.3, 0.4) is 0 Å². The van der Waals surface area contributed by atoms with Gasteiger partial charge in [0.2, 0.25) is 0 Å². The SMILES string of the molecule is c1ccc(-c2ncc3c(n2)C2(CCCN(Cc4cnc(N5CCCC5)s4)C2)CC3)cc1. The fraction of sp³-hybridized carbons (Fsp3) is 0.480. The Bertz CT molecular complexity index is 1050. The number of aryl methyl sites for hydroxylation is 1. The van der Waals surface area contributed by atoms with Gasteiger partial charge in [-0.15, -0.1) is 11.3 Å². The summed E-state index contributed by atoms with van der Waals surface area (Å²) in [5.74, 6) is 0.871. The van der Waals surface area contributed by atoms with Crippen LogP contribution in [0.5, 0.6) is 0 Å². The Kier molecular flexibility index (Phi) is 4.99. The average Bonchev–Trinajstić information content (AvgIpc) is 3.56. The van der Waals surface area contributed by atoms with Crippen molar-refractivity contribution in [3.63, 3.8) is 0 Å². The lowest BCUT2D eigenvalue weighted by Gasteiger charge is -2.40. The molecular formula is C25H29N5S. The number of hydrogen-bond donors (Lipinski definition) is 0. The number of likely N-dealkylation sites (tertiary alicyclic amines) is 1. The van der Waals surface area contributed by atoms with Crippen molar-refractivity contribution in [3.05, 3.63) is 58.9 Å². The second-order valence-electron chi connectivity index (χ2n) is 9.33. The summed E-state index contributed by atoms with van der Waals surface area (Å²) in [6, 6.07) is 10.4. The summed E-state index contributed by atoms with van der Waals surface area (Å²) in [4.78, 5) is 21.0. The van der Waals surface area contributed by atoms with E-state index in [0.717, 1.165) is 30.9 Å². The minimum absolute atomic E-state index is 0.183. The largest absolute Gasteiger partial charge is 0.348 e. The van der Waals surface area contributed by atoms with E-state index in [2.05, 4.69) is 51.4 Å². The summed E-state index contributed by atoms with van der Waals surface area (Å²) in [6.07, 6.45) is 11.6. The number of nitrogens with zero attached hydrogens (tertiary/aromatic N) is 5. The smallest absolute Gasteiger partial charge is 0.185 e. The highest BCUT2D eigenvalue weighted by Crippen LogP contribution is 2.44. The summed E-state index contributed by atoms with van der Waals surface area (Å²) in [7, 11) is 0. The lowest BCUT2D eigenvalue weighted by molar-refractivity contribution is 0.138. The van der Waals surface area contributed by atoms with Gasteiger partial charge in [-0.05, 0) is 50.6 Å². The van der Waals surface area contributed by atoms with E-state index < -0.39 is 0 Å². The van der Waals surface area contributed by atoms with Crippen LogP contribution < -0.4 is 4.90 Å². The van der Waals surface area contributed by atoms with Crippen LogP contribution in [0.2, 0.25) is 0 Å². The number of aromatic nitrogens is 3. The van der Waals surface area contributed by atoms with Gasteiger partial charge < -0.3 is 4.90 Å². The second kappa shape index (κ2) is 7.99. The highest BCUT2D eigenvalue weighted by Gasteiger charge is 2.43. The molecule has 1 unspecified atom stereocenters. The van der Waals surface area contributed by atoms with Crippen LogP contribution in [-0.4, -0.2) is 46.0 Å². The molecule has 2 fully saturated rings. The molecule has 6 heteroatoms. The Morgan fingerprint density at radius 2 is 1.81 bits per heavy atom. The Labute approximate surface area is 188 Å². The van der Waals surface area contributed by atoms with Crippen LogP contribution in [-0.2, 0) is 18.4 Å². The molecule has 0 amide bonds. The standard InChI is InChI=1S/C25H29N5S/c1-2-7-19(8-3-1)23-26-15-20-9-11-25(22(20)28-23)10-6-12-29(18-25)17-21-16-27-24(31-21)30-13-4-5-14-30/h1-3,7-8,15-16H,4-6,9-14,17-18H2. The third kappa shape index (κ3) is 3.66. The first kappa shape index (κ1) is 19.4. The summed E-state index contributed by atoms with van der Waals surface area (Å²) >= 11 is 1.89. The second-order valence-corrected chi connectivity index (χ2v) is 10.4. The van der Waals surface area contributed by atoms with Gasteiger partial charge >= 0.3 is 0 Å². The van der Waals surface area contributed by atoms with Gasteiger partial charge in [0.25, 0.3) is 0 Å². The molecule has 6 rings (SSSR count). The zero-order valence-corrected chi connectivity index (χ0v) is 18.8. The molecule has 3 aliphatic rings. The molecule has 0 saturated carbocycles. The molecular weight excluding hydrogens is 402 g/mol. The number of piperidine rings is 1. The normalized spacial score (nSPS) is 23.5. The van der Waals surface area contributed by atoms with Gasteiger partial charge in [0.05, 0.1) is 5.69 Å². The van der Waals surface area contributed by atoms with Crippen LogP contribution in [0.4, 0.5) is 5.13 Å². The van der Waals surface area contributed by atoms with Crippen molar-refractivity contribution in [2.75, 3.05) is 31.1 Å². The van der Waals surface area contributed by atoms with E-state index in [1.165, 1.54) is 73.0 Å². The molecule has 0 bridgehead atoms. The van der Waals surface area contributed by atoms with Crippen molar-refractivity contribution in [1.29, 1.82) is 0 Å². The van der Waals surface area contributed by atoms with Gasteiger partial charge in [0, 0.05) is 54.4 Å². The summed E-state index contributed by atoms with van der Waals surface area (Å²) in [5, 5.41) is 1.21. The minimum Gasteiger partial charge on any atom is -0.348 e. The molecule has 1 aliphatic carbocycles. The molecule has 3 aromatic rings. The van der Waals surface area contributed by atoms with Gasteiger partial charge in [-0.3, -0.25) is 4.90 Å². The number of thiazole rings is 1. The average molecular weight is 432 g/mol. The fourth-order valence-electron chi connectivity index (χ4n) is 5.67. The van der Waals surface area contributed by atoms with Crippen molar-refractivity contribution in [2.24, 2.45) is 0 Å².